The number of carbonyl (C=O) groups is 1. The van der Waals surface area contributed by atoms with Gasteiger partial charge in [-0.3, -0.25) is 14.9 Å². The predicted octanol–water partition coefficient (Wildman–Crippen LogP) is 2.07. The van der Waals surface area contributed by atoms with Crippen molar-refractivity contribution >= 4 is 23.2 Å². The largest absolute Gasteiger partial charge is 0.338 e. The zero-order valence-electron chi connectivity index (χ0n) is 11.4. The van der Waals surface area contributed by atoms with Gasteiger partial charge in [0.25, 0.3) is 11.6 Å². The molecule has 2 fully saturated rings. The number of amides is 1. The third kappa shape index (κ3) is 2.73. The van der Waals surface area contributed by atoms with Crippen molar-refractivity contribution in [2.75, 3.05) is 19.6 Å². The Morgan fingerprint density at radius 3 is 3.00 bits per heavy atom. The summed E-state index contributed by atoms with van der Waals surface area (Å²) in [6.45, 7) is 2.26. The number of likely N-dealkylation sites (tertiary alicyclic amines) is 1. The highest BCUT2D eigenvalue weighted by Gasteiger charge is 2.36. The zero-order chi connectivity index (χ0) is 15.0. The van der Waals surface area contributed by atoms with Crippen molar-refractivity contribution in [1.29, 1.82) is 0 Å². The molecule has 2 unspecified atom stereocenters. The van der Waals surface area contributed by atoms with Crippen LogP contribution in [0.25, 0.3) is 0 Å². The fraction of sp³-hybridized carbons (Fsp3) is 0.500. The van der Waals surface area contributed by atoms with E-state index in [9.17, 15) is 14.9 Å². The third-order valence-electron chi connectivity index (χ3n) is 4.33. The van der Waals surface area contributed by atoms with Crippen LogP contribution in [0, 0.1) is 16.0 Å². The molecule has 0 aliphatic carbocycles. The molecule has 2 saturated heterocycles. The summed E-state index contributed by atoms with van der Waals surface area (Å²) in [6.07, 6.45) is 1.94. The molecule has 1 amide bonds. The van der Waals surface area contributed by atoms with E-state index in [0.717, 1.165) is 19.4 Å². The summed E-state index contributed by atoms with van der Waals surface area (Å²) in [5.74, 6) is 0.149. The summed E-state index contributed by atoms with van der Waals surface area (Å²) in [5.41, 5.74) is -0.104. The van der Waals surface area contributed by atoms with E-state index >= 15 is 0 Å². The fourth-order valence-corrected chi connectivity index (χ4v) is 3.41. The molecule has 2 heterocycles. The Hall–Kier alpha value is -1.66. The van der Waals surface area contributed by atoms with Gasteiger partial charge in [0.1, 0.15) is 5.56 Å². The molecule has 21 heavy (non-hydrogen) atoms. The molecule has 112 valence electrons. The van der Waals surface area contributed by atoms with Crippen LogP contribution >= 0.6 is 11.6 Å². The lowest BCUT2D eigenvalue weighted by molar-refractivity contribution is -0.385. The topological polar surface area (TPSA) is 75.5 Å². The fourth-order valence-electron chi connectivity index (χ4n) is 3.24. The van der Waals surface area contributed by atoms with Gasteiger partial charge in [-0.1, -0.05) is 11.6 Å². The van der Waals surface area contributed by atoms with Crippen molar-refractivity contribution in [2.24, 2.45) is 5.92 Å². The van der Waals surface area contributed by atoms with Crippen LogP contribution in [0.15, 0.2) is 18.2 Å². The van der Waals surface area contributed by atoms with E-state index in [2.05, 4.69) is 5.32 Å². The maximum Gasteiger partial charge on any atom is 0.282 e. The summed E-state index contributed by atoms with van der Waals surface area (Å²) in [6, 6.07) is 4.59. The van der Waals surface area contributed by atoms with Crippen molar-refractivity contribution in [1.82, 2.24) is 10.2 Å². The molecular weight excluding hydrogens is 294 g/mol. The first-order valence-corrected chi connectivity index (χ1v) is 7.40. The third-order valence-corrected chi connectivity index (χ3v) is 4.56. The Morgan fingerprint density at radius 1 is 1.43 bits per heavy atom. The minimum atomic E-state index is -0.534. The molecule has 1 aromatic rings. The van der Waals surface area contributed by atoms with Crippen LogP contribution in [0.1, 0.15) is 23.2 Å². The first-order chi connectivity index (χ1) is 10.1. The standard InChI is InChI=1S/C14H16ClN3O3/c15-10-1-2-13(18(20)21)11(7-10)14(19)17-6-4-12-9(8-17)3-5-16-12/h1-2,7,9,12,16H,3-6,8H2. The minimum absolute atomic E-state index is 0.0805. The van der Waals surface area contributed by atoms with Crippen molar-refractivity contribution < 1.29 is 9.72 Å². The number of halogens is 1. The average molecular weight is 310 g/mol. The molecule has 2 aliphatic rings. The number of piperidine rings is 1. The minimum Gasteiger partial charge on any atom is -0.338 e. The van der Waals surface area contributed by atoms with Crippen LogP contribution in [-0.4, -0.2) is 41.4 Å². The Kier molecular flexibility index (Phi) is 3.82. The summed E-state index contributed by atoms with van der Waals surface area (Å²) in [4.78, 5) is 24.9. The molecular formula is C14H16ClN3O3. The van der Waals surface area contributed by atoms with E-state index in [1.165, 1.54) is 18.2 Å². The van der Waals surface area contributed by atoms with E-state index in [1.54, 1.807) is 4.90 Å². The molecule has 7 heteroatoms. The number of nitro benzene ring substituents is 1. The molecule has 3 rings (SSSR count). The van der Waals surface area contributed by atoms with Gasteiger partial charge >= 0.3 is 0 Å². The summed E-state index contributed by atoms with van der Waals surface area (Å²) in [5, 5.41) is 14.8. The summed E-state index contributed by atoms with van der Waals surface area (Å²) >= 11 is 5.89. The Labute approximate surface area is 127 Å². The predicted molar refractivity (Wildman–Crippen MR) is 78.5 cm³/mol. The molecule has 1 aromatic carbocycles. The molecule has 2 atom stereocenters. The van der Waals surface area contributed by atoms with Gasteiger partial charge in [-0.25, -0.2) is 0 Å². The maximum absolute atomic E-state index is 12.6. The van der Waals surface area contributed by atoms with Crippen molar-refractivity contribution in [3.05, 3.63) is 38.9 Å². The molecule has 0 saturated carbocycles. The lowest BCUT2D eigenvalue weighted by Crippen LogP contribution is -2.47. The van der Waals surface area contributed by atoms with Crippen LogP contribution in [0.2, 0.25) is 5.02 Å². The molecule has 0 spiro atoms. The van der Waals surface area contributed by atoms with E-state index < -0.39 is 4.92 Å². The van der Waals surface area contributed by atoms with Gasteiger partial charge in [0.05, 0.1) is 4.92 Å². The number of fused-ring (bicyclic) bond motifs is 1. The highest BCUT2D eigenvalue weighted by molar-refractivity contribution is 6.31. The zero-order valence-corrected chi connectivity index (χ0v) is 12.2. The van der Waals surface area contributed by atoms with Crippen LogP contribution in [0.4, 0.5) is 5.69 Å². The number of nitrogens with one attached hydrogen (secondary N) is 1. The second-order valence-electron chi connectivity index (χ2n) is 5.57. The van der Waals surface area contributed by atoms with Gasteiger partial charge in [0.2, 0.25) is 0 Å². The molecule has 0 bridgehead atoms. The molecule has 6 nitrogen and oxygen atoms in total. The van der Waals surface area contributed by atoms with Crippen molar-refractivity contribution in [3.63, 3.8) is 0 Å². The number of carbonyl (C=O) groups excluding carboxylic acids is 1. The summed E-state index contributed by atoms with van der Waals surface area (Å²) in [7, 11) is 0. The van der Waals surface area contributed by atoms with E-state index in [-0.39, 0.29) is 17.2 Å². The SMILES string of the molecule is O=C(c1cc(Cl)ccc1[N+](=O)[O-])N1CCC2NCCC2C1. The maximum atomic E-state index is 12.6. The van der Waals surface area contributed by atoms with Crippen molar-refractivity contribution in [2.45, 2.75) is 18.9 Å². The average Bonchev–Trinajstić information content (AvgIpc) is 2.93. The highest BCUT2D eigenvalue weighted by Crippen LogP contribution is 2.29. The summed E-state index contributed by atoms with van der Waals surface area (Å²) < 4.78 is 0. The lowest BCUT2D eigenvalue weighted by Gasteiger charge is -2.34. The molecule has 0 aromatic heterocycles. The van der Waals surface area contributed by atoms with Gasteiger partial charge < -0.3 is 10.2 Å². The number of hydrogen-bond donors (Lipinski definition) is 1. The van der Waals surface area contributed by atoms with Gasteiger partial charge in [0.15, 0.2) is 0 Å². The Balaban J connectivity index is 1.85. The second kappa shape index (κ2) is 5.61. The van der Waals surface area contributed by atoms with Gasteiger partial charge in [-0.05, 0) is 37.4 Å². The number of rotatable bonds is 2. The van der Waals surface area contributed by atoms with E-state index in [4.69, 9.17) is 11.6 Å². The van der Waals surface area contributed by atoms with Gasteiger partial charge in [-0.15, -0.1) is 0 Å². The van der Waals surface area contributed by atoms with Crippen LogP contribution in [0.3, 0.4) is 0 Å². The van der Waals surface area contributed by atoms with Crippen LogP contribution < -0.4 is 5.32 Å². The van der Waals surface area contributed by atoms with Gasteiger partial charge in [0, 0.05) is 30.2 Å². The molecule has 2 aliphatic heterocycles. The van der Waals surface area contributed by atoms with Crippen molar-refractivity contribution in [3.8, 4) is 0 Å². The van der Waals surface area contributed by atoms with E-state index in [0.29, 0.717) is 30.1 Å². The smallest absolute Gasteiger partial charge is 0.282 e. The first kappa shape index (κ1) is 14.3. The Bertz CT molecular complexity index is 593. The van der Waals surface area contributed by atoms with E-state index in [1.807, 2.05) is 0 Å². The number of hydrogen-bond acceptors (Lipinski definition) is 4. The van der Waals surface area contributed by atoms with Crippen LogP contribution in [0.5, 0.6) is 0 Å². The first-order valence-electron chi connectivity index (χ1n) is 7.03. The van der Waals surface area contributed by atoms with Crippen LogP contribution in [-0.2, 0) is 0 Å². The second-order valence-corrected chi connectivity index (χ2v) is 6.00. The normalized spacial score (nSPS) is 24.7. The number of benzene rings is 1. The number of nitro groups is 1. The van der Waals surface area contributed by atoms with Gasteiger partial charge in [-0.2, -0.15) is 0 Å². The molecule has 1 N–H and O–H groups in total. The molecule has 0 radical (unpaired) electrons. The Morgan fingerprint density at radius 2 is 2.24 bits per heavy atom. The quantitative estimate of drug-likeness (QED) is 0.670. The lowest BCUT2D eigenvalue weighted by atomic mass is 9.93. The number of nitrogens with zero attached hydrogens (tertiary/aromatic N) is 2. The monoisotopic (exact) mass is 309 g/mol. The highest BCUT2D eigenvalue weighted by atomic mass is 35.5.